The molecule has 0 spiro atoms. The predicted octanol–water partition coefficient (Wildman–Crippen LogP) is -9.20. The van der Waals surface area contributed by atoms with Crippen molar-refractivity contribution in [3.8, 4) is 0 Å². The maximum Gasteiger partial charge on any atom is 1.00 e. The van der Waals surface area contributed by atoms with Crippen molar-refractivity contribution in [3.05, 3.63) is 0 Å². The van der Waals surface area contributed by atoms with Crippen molar-refractivity contribution >= 4 is 56.6 Å². The van der Waals surface area contributed by atoms with Crippen LogP contribution in [0.3, 0.4) is 0 Å². The van der Waals surface area contributed by atoms with Crippen molar-refractivity contribution in [2.24, 2.45) is 5.73 Å². The zero-order valence-corrected chi connectivity index (χ0v) is 21.1. The topological polar surface area (TPSA) is 222 Å². The first-order valence-corrected chi connectivity index (χ1v) is 9.29. The van der Waals surface area contributed by atoms with Crippen molar-refractivity contribution in [1.82, 2.24) is 10.6 Å². The Balaban J connectivity index is -0.000000333. The van der Waals surface area contributed by atoms with Gasteiger partial charge in [-0.05, 0) is 17.6 Å². The monoisotopic (exact) mass is 465 g/mol. The van der Waals surface area contributed by atoms with E-state index in [1.54, 1.807) is 0 Å². The van der Waals surface area contributed by atoms with Gasteiger partial charge in [0.05, 0.1) is 0 Å². The van der Waals surface area contributed by atoms with Crippen molar-refractivity contribution in [2.75, 3.05) is 12.3 Å². The molecular weight excluding hydrogens is 448 g/mol. The van der Waals surface area contributed by atoms with Gasteiger partial charge in [0, 0.05) is 12.2 Å². The first kappa shape index (κ1) is 35.0. The number of amides is 2. The van der Waals surface area contributed by atoms with Crippen LogP contribution in [0.15, 0.2) is 0 Å². The van der Waals surface area contributed by atoms with Gasteiger partial charge in [-0.3, -0.25) is 23.4 Å². The average molecular weight is 465 g/mol. The maximum atomic E-state index is 11.5. The number of carbonyl (C=O) groups excluding carboxylic acids is 2. The molecule has 146 valence electrons. The number of carboxylic acid groups (broad SMARTS) is 2. The van der Waals surface area contributed by atoms with Crippen LogP contribution in [0, 0.1) is 0 Å². The summed E-state index contributed by atoms with van der Waals surface area (Å²) < 4.78 is 26.7. The van der Waals surface area contributed by atoms with Crippen LogP contribution < -0.4 is 75.5 Å². The smallest absolute Gasteiger partial charge is 0.780 e. The second-order valence-corrected chi connectivity index (χ2v) is 6.71. The largest absolute Gasteiger partial charge is 1.00 e. The molecule has 0 bridgehead atoms. The molecule has 0 radical (unpaired) electrons. The van der Waals surface area contributed by atoms with Gasteiger partial charge >= 0.3 is 71.1 Å². The summed E-state index contributed by atoms with van der Waals surface area (Å²) in [4.78, 5) is 43.7. The minimum absolute atomic E-state index is 0. The van der Waals surface area contributed by atoms with Gasteiger partial charge < -0.3 is 35.7 Å². The summed E-state index contributed by atoms with van der Waals surface area (Å²) >= 11 is 7.12. The summed E-state index contributed by atoms with van der Waals surface area (Å²) in [5.74, 6) is -3.70. The van der Waals surface area contributed by atoms with E-state index in [-0.39, 0.29) is 77.7 Å². The summed E-state index contributed by atoms with van der Waals surface area (Å²) in [6.45, 7) is -0.567. The van der Waals surface area contributed by atoms with Crippen molar-refractivity contribution in [2.45, 2.75) is 24.9 Å². The van der Waals surface area contributed by atoms with Crippen LogP contribution in [0.1, 0.15) is 12.8 Å². The molecule has 0 aromatic rings. The number of nitrogens with two attached hydrogens (primary N) is 1. The minimum atomic E-state index is -4.33. The Labute approximate surface area is 210 Å². The van der Waals surface area contributed by atoms with E-state index in [0.29, 0.717) is 0 Å². The molecule has 0 heterocycles. The Hall–Kier alpha value is 0.480. The van der Waals surface area contributed by atoms with Crippen LogP contribution in [0.5, 0.6) is 0 Å². The molecule has 6 N–H and O–H groups in total. The van der Waals surface area contributed by atoms with Crippen molar-refractivity contribution in [1.29, 1.82) is 0 Å². The van der Waals surface area contributed by atoms with E-state index in [9.17, 15) is 19.2 Å². The Bertz CT molecular complexity index is 584. The van der Waals surface area contributed by atoms with Gasteiger partial charge in [0.1, 0.15) is 18.6 Å². The molecule has 0 rings (SSSR count). The van der Waals surface area contributed by atoms with Gasteiger partial charge in [-0.1, -0.05) is 0 Å². The van der Waals surface area contributed by atoms with Crippen LogP contribution in [-0.2, 0) is 39.4 Å². The van der Waals surface area contributed by atoms with Crippen molar-refractivity contribution in [3.63, 3.8) is 0 Å². The summed E-state index contributed by atoms with van der Waals surface area (Å²) in [6, 6.07) is -2.15. The van der Waals surface area contributed by atoms with E-state index in [2.05, 4.69) is 34.5 Å². The van der Waals surface area contributed by atoms with Crippen LogP contribution in [0.2, 0.25) is 0 Å². The number of carboxylic acids is 2. The van der Waals surface area contributed by atoms with Gasteiger partial charge in [-0.25, -0.2) is 0 Å². The fourth-order valence-corrected chi connectivity index (χ4v) is 1.41. The predicted molar refractivity (Wildman–Crippen MR) is 88.3 cm³/mol. The fraction of sp³-hybridized carbons (Fsp3) is 0.600. The second kappa shape index (κ2) is 18.5. The van der Waals surface area contributed by atoms with Gasteiger partial charge in [-0.15, -0.1) is 9.05 Å². The second-order valence-electron chi connectivity index (χ2n) is 4.31. The van der Waals surface area contributed by atoms with Gasteiger partial charge in [0.15, 0.2) is 0 Å². The molecule has 0 aliphatic rings. The van der Waals surface area contributed by atoms with Crippen LogP contribution in [0.4, 0.5) is 0 Å². The molecule has 0 unspecified atom stereocenters. The number of rotatable bonds is 9. The number of nitrogens with one attached hydrogen (secondary N) is 2. The summed E-state index contributed by atoms with van der Waals surface area (Å²) in [7, 11) is -4.33. The Morgan fingerprint density at radius 1 is 1.19 bits per heavy atom. The SMILES string of the molecule is N[C@@H](CCC(=O)N[C@@H](CS)C(=O)NCC(=O)O)C(=O)O.O=S([O-])([O-])=S.[Na+].[Na+]. The van der Waals surface area contributed by atoms with E-state index in [1.807, 2.05) is 0 Å². The number of carbonyl (C=O) groups is 4. The number of aliphatic carboxylic acids is 2. The Morgan fingerprint density at radius 2 is 1.63 bits per heavy atom. The molecule has 0 saturated carbocycles. The number of hydrogen-bond acceptors (Lipinski definition) is 10. The third-order valence-corrected chi connectivity index (χ3v) is 2.61. The maximum absolute atomic E-state index is 11.5. The van der Waals surface area contributed by atoms with E-state index in [0.717, 1.165) is 0 Å². The average Bonchev–Trinajstić information content (AvgIpc) is 2.45. The molecule has 0 aromatic carbocycles. The Kier molecular flexibility index (Phi) is 24.0. The Morgan fingerprint density at radius 3 is 1.96 bits per heavy atom. The molecule has 0 aliphatic carbocycles. The number of hydrogen-bond donors (Lipinski definition) is 6. The van der Waals surface area contributed by atoms with E-state index < -0.39 is 51.4 Å². The quantitative estimate of drug-likeness (QED) is 0.138. The first-order chi connectivity index (χ1) is 11.3. The third-order valence-electron chi connectivity index (χ3n) is 2.25. The van der Waals surface area contributed by atoms with E-state index >= 15 is 0 Å². The zero-order valence-electron chi connectivity index (χ0n) is 14.6. The normalized spacial score (nSPS) is 11.9. The van der Waals surface area contributed by atoms with Gasteiger partial charge in [-0.2, -0.15) is 12.6 Å². The minimum Gasteiger partial charge on any atom is -0.780 e. The fourth-order valence-electron chi connectivity index (χ4n) is 1.16. The van der Waals surface area contributed by atoms with Crippen LogP contribution >= 0.6 is 12.6 Å². The van der Waals surface area contributed by atoms with Crippen LogP contribution in [0.25, 0.3) is 0 Å². The van der Waals surface area contributed by atoms with Gasteiger partial charge in [0.25, 0.3) is 0 Å². The van der Waals surface area contributed by atoms with E-state index in [4.69, 9.17) is 29.3 Å². The molecule has 0 aliphatic heterocycles. The van der Waals surface area contributed by atoms with Crippen LogP contribution in [-0.4, -0.2) is 71.7 Å². The summed E-state index contributed by atoms with van der Waals surface area (Å²) in [5, 5.41) is 21.4. The molecule has 27 heavy (non-hydrogen) atoms. The van der Waals surface area contributed by atoms with E-state index in [1.165, 1.54) is 0 Å². The number of thiol groups is 1. The summed E-state index contributed by atoms with van der Waals surface area (Å²) in [6.07, 6.45) is -0.235. The standard InChI is InChI=1S/C10H17N3O6S.2Na.H2O3S2/c11-5(10(18)19)1-2-7(14)13-6(4-20)9(17)12-3-8(15)16;;;1-5(2,3)4/h5-6,20H,1-4,11H2,(H,12,17)(H,13,14)(H,15,16)(H,18,19);;;(H2,1,2,3,4)/q;2*+1;/p-2/t5-,6-;;;/m0.../s1. The molecule has 2 amide bonds. The molecule has 2 atom stereocenters. The van der Waals surface area contributed by atoms with Gasteiger partial charge in [0.2, 0.25) is 11.8 Å². The third kappa shape index (κ3) is 26.5. The van der Waals surface area contributed by atoms with Crippen molar-refractivity contribution < 1.29 is 102 Å². The molecule has 0 fully saturated rings. The summed E-state index contributed by atoms with van der Waals surface area (Å²) in [5.41, 5.74) is 5.23. The first-order valence-electron chi connectivity index (χ1n) is 6.32. The molecular formula is C10H17N3Na2O9S3. The molecule has 17 heteroatoms. The molecule has 0 aromatic heterocycles. The molecule has 12 nitrogen and oxygen atoms in total. The zero-order chi connectivity index (χ0) is 20.2. The molecule has 0 saturated heterocycles.